The molecule has 3 aromatic rings. The standard InChI is InChI=1S/C21H19ClN6O2/c1-3-15(29)9-14-8-12(2)4-5-17(14)26-20-16(22)11-25-21(28-20)27-18-10-13(19(23)30)6-7-24-18/h3-8,10-11H,1,9H2,2H3,(H2,23,30)(H2,24,25,26,27,28). The van der Waals surface area contributed by atoms with Crippen molar-refractivity contribution >= 4 is 46.6 Å². The van der Waals surface area contributed by atoms with E-state index in [1.165, 1.54) is 30.6 Å². The number of nitrogens with one attached hydrogen (secondary N) is 2. The van der Waals surface area contributed by atoms with Crippen LogP contribution in [-0.2, 0) is 11.2 Å². The zero-order valence-corrected chi connectivity index (χ0v) is 16.9. The Bertz CT molecular complexity index is 1130. The lowest BCUT2D eigenvalue weighted by molar-refractivity contribution is -0.114. The van der Waals surface area contributed by atoms with Gasteiger partial charge in [0.1, 0.15) is 10.8 Å². The fourth-order valence-corrected chi connectivity index (χ4v) is 2.80. The fourth-order valence-electron chi connectivity index (χ4n) is 2.66. The summed E-state index contributed by atoms with van der Waals surface area (Å²) in [7, 11) is 0. The molecule has 0 saturated heterocycles. The summed E-state index contributed by atoms with van der Waals surface area (Å²) in [5, 5.41) is 6.35. The van der Waals surface area contributed by atoms with Crippen molar-refractivity contribution < 1.29 is 9.59 Å². The van der Waals surface area contributed by atoms with Gasteiger partial charge in [0.25, 0.3) is 0 Å². The molecule has 152 valence electrons. The second-order valence-corrected chi connectivity index (χ2v) is 6.85. The monoisotopic (exact) mass is 422 g/mol. The highest BCUT2D eigenvalue weighted by atomic mass is 35.5. The van der Waals surface area contributed by atoms with E-state index in [2.05, 4.69) is 32.2 Å². The van der Waals surface area contributed by atoms with Crippen LogP contribution in [0.5, 0.6) is 0 Å². The van der Waals surface area contributed by atoms with Crippen LogP contribution in [-0.4, -0.2) is 26.6 Å². The summed E-state index contributed by atoms with van der Waals surface area (Å²) in [4.78, 5) is 35.8. The van der Waals surface area contributed by atoms with Gasteiger partial charge in [0, 0.05) is 23.9 Å². The summed E-state index contributed by atoms with van der Waals surface area (Å²) in [5.74, 6) is 0.247. The predicted molar refractivity (Wildman–Crippen MR) is 116 cm³/mol. The van der Waals surface area contributed by atoms with Crippen LogP contribution in [0.1, 0.15) is 21.5 Å². The molecule has 0 aliphatic heterocycles. The molecule has 1 amide bonds. The zero-order valence-electron chi connectivity index (χ0n) is 16.1. The fraction of sp³-hybridized carbons (Fsp3) is 0.0952. The number of primary amides is 1. The molecule has 0 radical (unpaired) electrons. The number of allylic oxidation sites excluding steroid dienone is 1. The minimum absolute atomic E-state index is 0.0970. The lowest BCUT2D eigenvalue weighted by Crippen LogP contribution is -2.11. The number of aryl methyl sites for hydroxylation is 1. The molecule has 4 N–H and O–H groups in total. The lowest BCUT2D eigenvalue weighted by atomic mass is 10.0. The molecule has 0 saturated carbocycles. The summed E-state index contributed by atoms with van der Waals surface area (Å²) in [6, 6.07) is 8.68. The van der Waals surface area contributed by atoms with E-state index in [-0.39, 0.29) is 18.2 Å². The molecular weight excluding hydrogens is 404 g/mol. The average molecular weight is 423 g/mol. The number of carbonyl (C=O) groups excluding carboxylic acids is 2. The summed E-state index contributed by atoms with van der Waals surface area (Å²) in [6.07, 6.45) is 4.37. The van der Waals surface area contributed by atoms with Gasteiger partial charge in [0.15, 0.2) is 11.6 Å². The van der Waals surface area contributed by atoms with Gasteiger partial charge in [0.2, 0.25) is 11.9 Å². The van der Waals surface area contributed by atoms with E-state index in [9.17, 15) is 9.59 Å². The third-order valence-electron chi connectivity index (χ3n) is 4.13. The maximum Gasteiger partial charge on any atom is 0.248 e. The highest BCUT2D eigenvalue weighted by molar-refractivity contribution is 6.32. The molecule has 1 aromatic carbocycles. The molecule has 0 spiro atoms. The number of hydrogen-bond donors (Lipinski definition) is 3. The van der Waals surface area contributed by atoms with E-state index < -0.39 is 5.91 Å². The highest BCUT2D eigenvalue weighted by Crippen LogP contribution is 2.27. The maximum absolute atomic E-state index is 11.8. The van der Waals surface area contributed by atoms with Crippen molar-refractivity contribution in [2.45, 2.75) is 13.3 Å². The Morgan fingerprint density at radius 2 is 2.00 bits per heavy atom. The highest BCUT2D eigenvalue weighted by Gasteiger charge is 2.12. The number of hydrogen-bond acceptors (Lipinski definition) is 7. The molecule has 30 heavy (non-hydrogen) atoms. The number of halogens is 1. The number of benzene rings is 1. The van der Waals surface area contributed by atoms with E-state index >= 15 is 0 Å². The summed E-state index contributed by atoms with van der Waals surface area (Å²) < 4.78 is 0. The van der Waals surface area contributed by atoms with Gasteiger partial charge in [-0.3, -0.25) is 9.59 Å². The summed E-state index contributed by atoms with van der Waals surface area (Å²) in [6.45, 7) is 5.46. The normalized spacial score (nSPS) is 10.3. The van der Waals surface area contributed by atoms with E-state index in [0.29, 0.717) is 27.9 Å². The Kier molecular flexibility index (Phi) is 6.38. The van der Waals surface area contributed by atoms with Gasteiger partial charge in [-0.15, -0.1) is 0 Å². The van der Waals surface area contributed by atoms with Crippen molar-refractivity contribution in [3.63, 3.8) is 0 Å². The molecule has 2 heterocycles. The number of carbonyl (C=O) groups is 2. The first kappa shape index (κ1) is 20.9. The number of nitrogens with zero attached hydrogens (tertiary/aromatic N) is 3. The second kappa shape index (κ2) is 9.15. The first-order chi connectivity index (χ1) is 14.4. The number of ketones is 1. The quantitative estimate of drug-likeness (QED) is 0.472. The number of nitrogens with two attached hydrogens (primary N) is 1. The second-order valence-electron chi connectivity index (χ2n) is 6.44. The average Bonchev–Trinajstić information content (AvgIpc) is 2.72. The van der Waals surface area contributed by atoms with Crippen molar-refractivity contribution in [3.8, 4) is 0 Å². The third kappa shape index (κ3) is 5.18. The number of rotatable bonds is 8. The summed E-state index contributed by atoms with van der Waals surface area (Å²) >= 11 is 6.26. The Labute approximate surface area is 178 Å². The molecule has 9 heteroatoms. The van der Waals surface area contributed by atoms with E-state index in [1.54, 1.807) is 0 Å². The van der Waals surface area contributed by atoms with Gasteiger partial charge in [0.05, 0.1) is 6.20 Å². The van der Waals surface area contributed by atoms with Gasteiger partial charge in [-0.2, -0.15) is 4.98 Å². The van der Waals surface area contributed by atoms with Crippen LogP contribution in [0.2, 0.25) is 5.02 Å². The van der Waals surface area contributed by atoms with Crippen LogP contribution in [0.15, 0.2) is 55.4 Å². The predicted octanol–water partition coefficient (Wildman–Crippen LogP) is 3.72. The number of amides is 1. The van der Waals surface area contributed by atoms with Crippen molar-refractivity contribution in [1.82, 2.24) is 15.0 Å². The van der Waals surface area contributed by atoms with Gasteiger partial charge in [-0.1, -0.05) is 35.9 Å². The Morgan fingerprint density at radius 1 is 1.20 bits per heavy atom. The van der Waals surface area contributed by atoms with Crippen molar-refractivity contribution in [2.75, 3.05) is 10.6 Å². The molecule has 0 fully saturated rings. The zero-order chi connectivity index (χ0) is 21.7. The van der Waals surface area contributed by atoms with E-state index in [1.807, 2.05) is 25.1 Å². The Hall–Kier alpha value is -3.78. The molecule has 0 aliphatic carbocycles. The molecule has 8 nitrogen and oxygen atoms in total. The minimum Gasteiger partial charge on any atom is -0.366 e. The van der Waals surface area contributed by atoms with Crippen molar-refractivity contribution in [2.24, 2.45) is 5.73 Å². The molecule has 0 bridgehead atoms. The van der Waals surface area contributed by atoms with Gasteiger partial charge < -0.3 is 16.4 Å². The third-order valence-corrected chi connectivity index (χ3v) is 4.41. The van der Waals surface area contributed by atoms with Gasteiger partial charge >= 0.3 is 0 Å². The van der Waals surface area contributed by atoms with Crippen molar-refractivity contribution in [1.29, 1.82) is 0 Å². The first-order valence-corrected chi connectivity index (χ1v) is 9.30. The van der Waals surface area contributed by atoms with Crippen LogP contribution in [0.4, 0.5) is 23.3 Å². The van der Waals surface area contributed by atoms with Crippen LogP contribution in [0.3, 0.4) is 0 Å². The number of aromatic nitrogens is 3. The smallest absolute Gasteiger partial charge is 0.248 e. The van der Waals surface area contributed by atoms with Crippen LogP contribution < -0.4 is 16.4 Å². The largest absolute Gasteiger partial charge is 0.366 e. The molecule has 0 atom stereocenters. The van der Waals surface area contributed by atoms with E-state index in [0.717, 1.165) is 11.1 Å². The van der Waals surface area contributed by atoms with Crippen molar-refractivity contribution in [3.05, 3.63) is 77.1 Å². The van der Waals surface area contributed by atoms with E-state index in [4.69, 9.17) is 17.3 Å². The van der Waals surface area contributed by atoms with Crippen LogP contribution >= 0.6 is 11.6 Å². The molecular formula is C21H19ClN6O2. The summed E-state index contributed by atoms with van der Waals surface area (Å²) in [5.41, 5.74) is 8.09. The molecule has 2 aromatic heterocycles. The van der Waals surface area contributed by atoms with Gasteiger partial charge in [-0.25, -0.2) is 9.97 Å². The first-order valence-electron chi connectivity index (χ1n) is 8.93. The number of anilines is 4. The Balaban J connectivity index is 1.88. The van der Waals surface area contributed by atoms with Crippen LogP contribution in [0, 0.1) is 6.92 Å². The topological polar surface area (TPSA) is 123 Å². The number of pyridine rings is 1. The maximum atomic E-state index is 11.8. The Morgan fingerprint density at radius 3 is 2.73 bits per heavy atom. The molecule has 0 unspecified atom stereocenters. The van der Waals surface area contributed by atoms with Crippen LogP contribution in [0.25, 0.3) is 0 Å². The minimum atomic E-state index is -0.569. The lowest BCUT2D eigenvalue weighted by Gasteiger charge is -2.14. The van der Waals surface area contributed by atoms with Gasteiger partial charge in [-0.05, 0) is 36.8 Å². The SMILES string of the molecule is C=CC(=O)Cc1cc(C)ccc1Nc1nc(Nc2cc(C(N)=O)ccn2)ncc1Cl. The molecule has 3 rings (SSSR count). The molecule has 0 aliphatic rings.